The fraction of sp³-hybridized carbons (Fsp3) is 0.556. The highest BCUT2D eigenvalue weighted by Crippen LogP contribution is 2.71. The molecule has 2 aromatic rings. The summed E-state index contributed by atoms with van der Waals surface area (Å²) in [6, 6.07) is 9.43. The van der Waals surface area contributed by atoms with Crippen LogP contribution in [-0.2, 0) is 6.54 Å². The van der Waals surface area contributed by atoms with Gasteiger partial charge in [-0.1, -0.05) is 32.0 Å². The van der Waals surface area contributed by atoms with Crippen LogP contribution in [0.4, 0.5) is 0 Å². The largest absolute Gasteiger partial charge is 0.352 e. The van der Waals surface area contributed by atoms with Gasteiger partial charge in [0.2, 0.25) is 0 Å². The third-order valence-corrected chi connectivity index (χ3v) is 7.19. The highest BCUT2D eigenvalue weighted by Gasteiger charge is 2.68. The molecule has 3 atom stereocenters. The first-order valence-electron chi connectivity index (χ1n) is 8.47. The molecule has 23 heavy (non-hydrogen) atoms. The second-order valence-electron chi connectivity index (χ2n) is 8.00. The van der Waals surface area contributed by atoms with Crippen LogP contribution in [0.2, 0.25) is 0 Å². The second-order valence-corrected chi connectivity index (χ2v) is 8.00. The second kappa shape index (κ2) is 3.89. The molecule has 120 valence electrons. The Morgan fingerprint density at radius 2 is 1.83 bits per heavy atom. The van der Waals surface area contributed by atoms with Crippen LogP contribution in [0.25, 0.3) is 5.69 Å². The molecule has 0 N–H and O–H groups in total. The fourth-order valence-corrected chi connectivity index (χ4v) is 5.75. The number of hydrogen-bond acceptors (Lipinski definition) is 2. The third kappa shape index (κ3) is 1.32. The molecule has 0 amide bonds. The molecule has 2 heterocycles. The molecule has 3 unspecified atom stereocenters. The Balaban J connectivity index is 1.74. The van der Waals surface area contributed by atoms with Gasteiger partial charge in [-0.3, -0.25) is 0 Å². The molecular formula is C18H21N3O2. The average molecular weight is 311 g/mol. The van der Waals surface area contributed by atoms with Crippen LogP contribution < -0.4 is 11.4 Å². The van der Waals surface area contributed by atoms with Crippen molar-refractivity contribution < 1.29 is 0 Å². The topological polar surface area (TPSA) is 48.9 Å². The molecule has 3 aliphatic rings. The minimum Gasteiger partial charge on any atom is -0.246 e. The molecule has 0 saturated heterocycles. The van der Waals surface area contributed by atoms with Gasteiger partial charge >= 0.3 is 11.4 Å². The van der Waals surface area contributed by atoms with Crippen LogP contribution in [0.3, 0.4) is 0 Å². The van der Waals surface area contributed by atoms with Gasteiger partial charge < -0.3 is 0 Å². The van der Waals surface area contributed by atoms with Gasteiger partial charge in [0.1, 0.15) is 0 Å². The maximum atomic E-state index is 13.0. The van der Waals surface area contributed by atoms with Gasteiger partial charge in [-0.05, 0) is 42.7 Å². The van der Waals surface area contributed by atoms with Crippen molar-refractivity contribution in [2.24, 2.45) is 16.7 Å². The van der Waals surface area contributed by atoms with E-state index in [0.717, 1.165) is 12.8 Å². The summed E-state index contributed by atoms with van der Waals surface area (Å²) in [5, 5.41) is 0. The smallest absolute Gasteiger partial charge is 0.246 e. The lowest BCUT2D eigenvalue weighted by Crippen LogP contribution is -2.39. The lowest BCUT2D eigenvalue weighted by molar-refractivity contribution is 0.102. The molecular weight excluding hydrogens is 290 g/mol. The van der Waals surface area contributed by atoms with Crippen LogP contribution in [-0.4, -0.2) is 13.9 Å². The predicted octanol–water partition coefficient (Wildman–Crippen LogP) is 2.18. The molecule has 2 aliphatic carbocycles. The van der Waals surface area contributed by atoms with E-state index in [1.54, 1.807) is 9.36 Å². The maximum absolute atomic E-state index is 13.0. The molecule has 0 radical (unpaired) electrons. The van der Waals surface area contributed by atoms with Gasteiger partial charge in [-0.2, -0.15) is 0 Å². The highest BCUT2D eigenvalue weighted by atomic mass is 16.2. The summed E-state index contributed by atoms with van der Waals surface area (Å²) in [4.78, 5) is 25.9. The van der Waals surface area contributed by atoms with E-state index < -0.39 is 0 Å². The summed E-state index contributed by atoms with van der Waals surface area (Å²) < 4.78 is 4.81. The van der Waals surface area contributed by atoms with Gasteiger partial charge in [-0.25, -0.2) is 23.5 Å². The van der Waals surface area contributed by atoms with Crippen molar-refractivity contribution in [1.29, 1.82) is 0 Å². The van der Waals surface area contributed by atoms with E-state index in [1.807, 2.05) is 30.3 Å². The summed E-state index contributed by atoms with van der Waals surface area (Å²) >= 11 is 0. The summed E-state index contributed by atoms with van der Waals surface area (Å²) in [6.07, 6.45) is 3.40. The lowest BCUT2D eigenvalue weighted by Gasteiger charge is -2.36. The monoisotopic (exact) mass is 311 g/mol. The molecule has 5 rings (SSSR count). The van der Waals surface area contributed by atoms with E-state index in [0.29, 0.717) is 18.2 Å². The lowest BCUT2D eigenvalue weighted by atomic mass is 9.68. The van der Waals surface area contributed by atoms with Crippen LogP contribution in [0, 0.1) is 16.7 Å². The normalized spacial score (nSPS) is 33.0. The Hall–Kier alpha value is -2.04. The number of benzene rings is 1. The highest BCUT2D eigenvalue weighted by molar-refractivity contribution is 5.31. The minimum absolute atomic E-state index is 0.0891. The standard InChI is InChI=1S/C18H21N3O2/c1-17(2)12-8-9-18(17)11-19-15(22)20(13-6-4-3-5-7-13)16(23)21(19)14(18)10-12/h3-7,12,14H,8-11H2,1-2H3. The molecule has 1 aromatic carbocycles. The third-order valence-electron chi connectivity index (χ3n) is 7.19. The molecule has 5 nitrogen and oxygen atoms in total. The first-order chi connectivity index (χ1) is 11.0. The molecule has 5 heteroatoms. The quantitative estimate of drug-likeness (QED) is 0.810. The van der Waals surface area contributed by atoms with Crippen molar-refractivity contribution in [3.63, 3.8) is 0 Å². The van der Waals surface area contributed by atoms with Crippen molar-refractivity contribution in [3.8, 4) is 5.69 Å². The molecule has 1 aliphatic heterocycles. The van der Waals surface area contributed by atoms with E-state index in [4.69, 9.17) is 0 Å². The zero-order chi connectivity index (χ0) is 16.0. The van der Waals surface area contributed by atoms with Crippen molar-refractivity contribution in [2.45, 2.75) is 45.7 Å². The van der Waals surface area contributed by atoms with E-state index in [2.05, 4.69) is 13.8 Å². The summed E-state index contributed by atoms with van der Waals surface area (Å²) in [7, 11) is 0. The SMILES string of the molecule is CC1(C)C2CCC13Cn1c(=O)n(-c4ccccc4)c(=O)n1C3C2. The Bertz CT molecular complexity index is 918. The molecule has 2 saturated carbocycles. The number of fused-ring (bicyclic) bond motifs is 3. The summed E-state index contributed by atoms with van der Waals surface area (Å²) in [5.41, 5.74) is 0.593. The number of rotatable bonds is 1. The van der Waals surface area contributed by atoms with E-state index in [-0.39, 0.29) is 28.3 Å². The van der Waals surface area contributed by atoms with Crippen LogP contribution >= 0.6 is 0 Å². The zero-order valence-electron chi connectivity index (χ0n) is 13.5. The van der Waals surface area contributed by atoms with E-state index in [9.17, 15) is 9.59 Å². The molecule has 1 aromatic heterocycles. The van der Waals surface area contributed by atoms with E-state index in [1.165, 1.54) is 11.0 Å². The Kier molecular flexibility index (Phi) is 2.27. The Labute approximate surface area is 134 Å². The van der Waals surface area contributed by atoms with Crippen molar-refractivity contribution in [1.82, 2.24) is 13.9 Å². The Morgan fingerprint density at radius 3 is 2.52 bits per heavy atom. The molecule has 1 spiro atoms. The van der Waals surface area contributed by atoms with Crippen LogP contribution in [0.1, 0.15) is 39.2 Å². The number of hydrogen-bond donors (Lipinski definition) is 0. The molecule has 2 bridgehead atoms. The van der Waals surface area contributed by atoms with Gasteiger partial charge in [0.25, 0.3) is 0 Å². The zero-order valence-corrected chi connectivity index (χ0v) is 13.5. The number of para-hydroxylation sites is 1. The van der Waals surface area contributed by atoms with Crippen LogP contribution in [0.5, 0.6) is 0 Å². The predicted molar refractivity (Wildman–Crippen MR) is 86.9 cm³/mol. The van der Waals surface area contributed by atoms with Crippen molar-refractivity contribution >= 4 is 0 Å². The number of nitrogens with zero attached hydrogens (tertiary/aromatic N) is 3. The average Bonchev–Trinajstić information content (AvgIpc) is 3.16. The number of aromatic nitrogens is 3. The van der Waals surface area contributed by atoms with Crippen molar-refractivity contribution in [3.05, 3.63) is 51.3 Å². The summed E-state index contributed by atoms with van der Waals surface area (Å²) in [5.74, 6) is 0.670. The van der Waals surface area contributed by atoms with Gasteiger partial charge in [0.15, 0.2) is 0 Å². The molecule has 2 fully saturated rings. The summed E-state index contributed by atoms with van der Waals surface area (Å²) in [6.45, 7) is 5.35. The van der Waals surface area contributed by atoms with Crippen molar-refractivity contribution in [2.75, 3.05) is 0 Å². The van der Waals surface area contributed by atoms with Gasteiger partial charge in [0.05, 0.1) is 18.3 Å². The first kappa shape index (κ1) is 13.4. The minimum atomic E-state index is -0.191. The van der Waals surface area contributed by atoms with Gasteiger partial charge in [0, 0.05) is 5.41 Å². The van der Waals surface area contributed by atoms with Crippen LogP contribution in [0.15, 0.2) is 39.9 Å². The first-order valence-corrected chi connectivity index (χ1v) is 8.47. The fourth-order valence-electron chi connectivity index (χ4n) is 5.75. The Morgan fingerprint density at radius 1 is 1.09 bits per heavy atom. The van der Waals surface area contributed by atoms with E-state index >= 15 is 0 Å². The maximum Gasteiger partial charge on any atom is 0.352 e. The van der Waals surface area contributed by atoms with Gasteiger partial charge in [-0.15, -0.1) is 0 Å².